The highest BCUT2D eigenvalue weighted by Crippen LogP contribution is 2.32. The van der Waals surface area contributed by atoms with Gasteiger partial charge in [-0.15, -0.1) is 0 Å². The van der Waals surface area contributed by atoms with E-state index in [9.17, 15) is 4.79 Å². The Morgan fingerprint density at radius 3 is 2.48 bits per heavy atom. The van der Waals surface area contributed by atoms with E-state index in [1.165, 1.54) is 0 Å². The molecule has 2 aromatic carbocycles. The Bertz CT molecular complexity index is 952. The van der Waals surface area contributed by atoms with Gasteiger partial charge < -0.3 is 15.8 Å². The van der Waals surface area contributed by atoms with E-state index in [4.69, 9.17) is 10.5 Å². The van der Waals surface area contributed by atoms with Crippen molar-refractivity contribution in [2.24, 2.45) is 5.73 Å². The third kappa shape index (κ3) is 3.89. The second kappa shape index (κ2) is 7.69. The Labute approximate surface area is 157 Å². The summed E-state index contributed by atoms with van der Waals surface area (Å²) in [7, 11) is 0. The number of benzene rings is 2. The molecule has 1 aromatic heterocycles. The predicted octanol–water partition coefficient (Wildman–Crippen LogP) is 2.62. The monoisotopic (exact) mass is 363 g/mol. The molecule has 1 aliphatic heterocycles. The molecule has 27 heavy (non-hydrogen) atoms. The number of nitrogens with zero attached hydrogens (tertiary/aromatic N) is 3. The van der Waals surface area contributed by atoms with Gasteiger partial charge in [-0.1, -0.05) is 30.3 Å². The highest BCUT2D eigenvalue weighted by atomic mass is 16.5. The lowest BCUT2D eigenvalue weighted by molar-refractivity contribution is 0.0330. The van der Waals surface area contributed by atoms with Crippen LogP contribution in [0.25, 0.3) is 21.9 Å². The number of fused-ring (bicyclic) bond motifs is 1. The minimum atomic E-state index is -0.580. The van der Waals surface area contributed by atoms with E-state index in [0.29, 0.717) is 5.69 Å². The highest BCUT2D eigenvalue weighted by Gasteiger charge is 2.13. The quantitative estimate of drug-likeness (QED) is 0.743. The van der Waals surface area contributed by atoms with E-state index in [0.717, 1.165) is 60.6 Å². The molecule has 0 spiro atoms. The molecular formula is C20H21N5O2. The summed E-state index contributed by atoms with van der Waals surface area (Å²) in [6, 6.07) is 11.1. The Hall–Kier alpha value is -3.03. The van der Waals surface area contributed by atoms with Crippen molar-refractivity contribution in [3.05, 3.63) is 54.6 Å². The lowest BCUT2D eigenvalue weighted by atomic mass is 9.99. The molecule has 3 N–H and O–H groups in total. The van der Waals surface area contributed by atoms with E-state index < -0.39 is 6.03 Å². The molecule has 0 radical (unpaired) electrons. The molecule has 0 unspecified atom stereocenters. The first kappa shape index (κ1) is 17.4. The molecule has 1 saturated heterocycles. The van der Waals surface area contributed by atoms with Crippen LogP contribution in [-0.2, 0) is 11.3 Å². The van der Waals surface area contributed by atoms with E-state index in [1.54, 1.807) is 0 Å². The second-order valence-electron chi connectivity index (χ2n) is 6.47. The normalized spacial score (nSPS) is 15.0. The van der Waals surface area contributed by atoms with Crippen molar-refractivity contribution < 1.29 is 9.53 Å². The summed E-state index contributed by atoms with van der Waals surface area (Å²) < 4.78 is 5.37. The number of carbonyl (C=O) groups is 1. The molecule has 0 saturated carbocycles. The maximum absolute atomic E-state index is 11.2. The summed E-state index contributed by atoms with van der Waals surface area (Å²) >= 11 is 0. The van der Waals surface area contributed by atoms with Crippen LogP contribution in [0.15, 0.2) is 48.8 Å². The molecular weight excluding hydrogens is 342 g/mol. The van der Waals surface area contributed by atoms with Crippen molar-refractivity contribution in [2.75, 3.05) is 31.6 Å². The standard InChI is InChI=1S/C20H21N5O2/c21-20(26)24-18-6-5-15(16-3-1-2-4-17(16)18)14-11-22-19(23-12-14)13-25-7-9-27-10-8-25/h1-6,11-12H,7-10,13H2,(H3,21,24,26). The van der Waals surface area contributed by atoms with Crippen LogP contribution in [0, 0.1) is 0 Å². The zero-order valence-electron chi connectivity index (χ0n) is 14.9. The van der Waals surface area contributed by atoms with E-state index in [2.05, 4.69) is 20.2 Å². The summed E-state index contributed by atoms with van der Waals surface area (Å²) in [6.07, 6.45) is 3.71. The maximum atomic E-state index is 11.2. The molecule has 138 valence electrons. The zero-order valence-corrected chi connectivity index (χ0v) is 14.9. The van der Waals surface area contributed by atoms with Gasteiger partial charge in [-0.05, 0) is 17.0 Å². The number of primary amides is 1. The third-order valence-electron chi connectivity index (χ3n) is 4.67. The molecule has 7 heteroatoms. The number of rotatable bonds is 4. The molecule has 0 bridgehead atoms. The molecule has 2 amide bonds. The minimum absolute atomic E-state index is 0.580. The molecule has 1 fully saturated rings. The molecule has 4 rings (SSSR count). The fourth-order valence-corrected chi connectivity index (χ4v) is 3.33. The van der Waals surface area contributed by atoms with Crippen LogP contribution < -0.4 is 11.1 Å². The van der Waals surface area contributed by atoms with Crippen molar-refractivity contribution in [1.29, 1.82) is 0 Å². The number of hydrogen-bond acceptors (Lipinski definition) is 5. The number of amides is 2. The fourth-order valence-electron chi connectivity index (χ4n) is 3.33. The van der Waals surface area contributed by atoms with Crippen LogP contribution in [0.2, 0.25) is 0 Å². The van der Waals surface area contributed by atoms with Crippen LogP contribution >= 0.6 is 0 Å². The van der Waals surface area contributed by atoms with Gasteiger partial charge in [0.05, 0.1) is 25.4 Å². The summed E-state index contributed by atoms with van der Waals surface area (Å²) in [5.74, 6) is 0.803. The number of carbonyl (C=O) groups excluding carboxylic acids is 1. The van der Waals surface area contributed by atoms with Crippen LogP contribution in [0.1, 0.15) is 5.82 Å². The van der Waals surface area contributed by atoms with Gasteiger partial charge in [0, 0.05) is 36.4 Å². The summed E-state index contributed by atoms with van der Waals surface area (Å²) in [5.41, 5.74) is 7.91. The summed E-state index contributed by atoms with van der Waals surface area (Å²) in [6.45, 7) is 4.06. The van der Waals surface area contributed by atoms with Crippen molar-refractivity contribution >= 4 is 22.5 Å². The van der Waals surface area contributed by atoms with Gasteiger partial charge in [-0.3, -0.25) is 4.90 Å². The third-order valence-corrected chi connectivity index (χ3v) is 4.67. The van der Waals surface area contributed by atoms with E-state index >= 15 is 0 Å². The molecule has 3 aromatic rings. The number of morpholine rings is 1. The van der Waals surface area contributed by atoms with Gasteiger partial charge >= 0.3 is 6.03 Å². The number of nitrogens with two attached hydrogens (primary N) is 1. The number of anilines is 1. The van der Waals surface area contributed by atoms with Crippen molar-refractivity contribution in [1.82, 2.24) is 14.9 Å². The van der Waals surface area contributed by atoms with Crippen LogP contribution in [0.4, 0.5) is 10.5 Å². The van der Waals surface area contributed by atoms with Gasteiger partial charge in [-0.25, -0.2) is 14.8 Å². The lowest BCUT2D eigenvalue weighted by Crippen LogP contribution is -2.36. The molecule has 2 heterocycles. The van der Waals surface area contributed by atoms with Crippen molar-refractivity contribution in [3.63, 3.8) is 0 Å². The first-order valence-corrected chi connectivity index (χ1v) is 8.90. The Morgan fingerprint density at radius 1 is 1.07 bits per heavy atom. The summed E-state index contributed by atoms with van der Waals surface area (Å²) in [4.78, 5) is 22.6. The number of aromatic nitrogens is 2. The average Bonchev–Trinajstić information content (AvgIpc) is 2.69. The Kier molecular flexibility index (Phi) is 4.95. The van der Waals surface area contributed by atoms with Crippen molar-refractivity contribution in [3.8, 4) is 11.1 Å². The summed E-state index contributed by atoms with van der Waals surface area (Å²) in [5, 5.41) is 4.60. The first-order chi connectivity index (χ1) is 13.2. The molecule has 0 aliphatic carbocycles. The number of urea groups is 1. The zero-order chi connectivity index (χ0) is 18.6. The number of hydrogen-bond donors (Lipinski definition) is 2. The SMILES string of the molecule is NC(=O)Nc1ccc(-c2cnc(CN3CCOCC3)nc2)c2ccccc12. The maximum Gasteiger partial charge on any atom is 0.316 e. The molecule has 0 atom stereocenters. The van der Waals surface area contributed by atoms with Gasteiger partial charge in [0.15, 0.2) is 0 Å². The lowest BCUT2D eigenvalue weighted by Gasteiger charge is -2.25. The molecule has 1 aliphatic rings. The largest absolute Gasteiger partial charge is 0.379 e. The number of nitrogens with one attached hydrogen (secondary N) is 1. The van der Waals surface area contributed by atoms with Crippen molar-refractivity contribution in [2.45, 2.75) is 6.54 Å². The first-order valence-electron chi connectivity index (χ1n) is 8.90. The Balaban J connectivity index is 1.63. The van der Waals surface area contributed by atoms with Crippen LogP contribution in [-0.4, -0.2) is 47.2 Å². The second-order valence-corrected chi connectivity index (χ2v) is 6.47. The average molecular weight is 363 g/mol. The predicted molar refractivity (Wildman–Crippen MR) is 104 cm³/mol. The minimum Gasteiger partial charge on any atom is -0.379 e. The fraction of sp³-hybridized carbons (Fsp3) is 0.250. The molecule has 7 nitrogen and oxygen atoms in total. The van der Waals surface area contributed by atoms with Gasteiger partial charge in [0.1, 0.15) is 5.82 Å². The smallest absolute Gasteiger partial charge is 0.316 e. The van der Waals surface area contributed by atoms with E-state index in [1.807, 2.05) is 48.8 Å². The van der Waals surface area contributed by atoms with Crippen LogP contribution in [0.5, 0.6) is 0 Å². The Morgan fingerprint density at radius 2 is 1.78 bits per heavy atom. The van der Waals surface area contributed by atoms with E-state index in [-0.39, 0.29) is 0 Å². The van der Waals surface area contributed by atoms with Gasteiger partial charge in [0.25, 0.3) is 0 Å². The van der Waals surface area contributed by atoms with Crippen LogP contribution in [0.3, 0.4) is 0 Å². The topological polar surface area (TPSA) is 93.4 Å². The van der Waals surface area contributed by atoms with Gasteiger partial charge in [0.2, 0.25) is 0 Å². The highest BCUT2D eigenvalue weighted by molar-refractivity contribution is 6.06. The number of ether oxygens (including phenoxy) is 1. The van der Waals surface area contributed by atoms with Gasteiger partial charge in [-0.2, -0.15) is 0 Å².